The molecule has 6 nitrogen and oxygen atoms in total. The number of amidine groups is 1. The first-order valence-corrected chi connectivity index (χ1v) is 8.63. The maximum absolute atomic E-state index is 12.1. The number of aliphatic imine (C=N–C) groups is 1. The van der Waals surface area contributed by atoms with Crippen LogP contribution in [-0.2, 0) is 11.3 Å². The fraction of sp³-hybridized carbons (Fsp3) is 0.167. The summed E-state index contributed by atoms with van der Waals surface area (Å²) >= 11 is 1.14. The molecule has 0 aliphatic carbocycles. The third kappa shape index (κ3) is 5.96. The summed E-state index contributed by atoms with van der Waals surface area (Å²) in [6.07, 6.45) is 1.04. The lowest BCUT2D eigenvalue weighted by atomic mass is 10.2. The average Bonchev–Trinajstić information content (AvgIpc) is 2.66. The molecule has 0 heterocycles. The number of hydrogen-bond donors (Lipinski definition) is 1. The number of ether oxygens (including phenoxy) is 2. The fourth-order valence-electron chi connectivity index (χ4n) is 1.86. The summed E-state index contributed by atoms with van der Waals surface area (Å²) < 4.78 is 10.1. The highest BCUT2D eigenvalue weighted by Crippen LogP contribution is 2.12. The Hall–Kier alpha value is -2.80. The maximum atomic E-state index is 12.1. The smallest absolute Gasteiger partial charge is 0.413 e. The molecule has 0 aliphatic heterocycles. The normalized spacial score (nSPS) is 10.9. The van der Waals surface area contributed by atoms with Gasteiger partial charge >= 0.3 is 6.09 Å². The van der Waals surface area contributed by atoms with Gasteiger partial charge in [-0.1, -0.05) is 42.1 Å². The molecule has 0 unspecified atom stereocenters. The molecule has 0 bridgehead atoms. The number of nitrogens with zero attached hydrogens (tertiary/aromatic N) is 1. The van der Waals surface area contributed by atoms with Crippen LogP contribution in [0.4, 0.5) is 4.79 Å². The average molecular weight is 358 g/mol. The molecular weight excluding hydrogens is 340 g/mol. The zero-order valence-electron chi connectivity index (χ0n) is 13.9. The van der Waals surface area contributed by atoms with Gasteiger partial charge in [0, 0.05) is 5.56 Å². The molecule has 0 saturated heterocycles. The summed E-state index contributed by atoms with van der Waals surface area (Å²) in [4.78, 5) is 27.9. The molecule has 25 heavy (non-hydrogen) atoms. The minimum atomic E-state index is -0.667. The Morgan fingerprint density at radius 2 is 1.76 bits per heavy atom. The van der Waals surface area contributed by atoms with E-state index in [1.54, 1.807) is 37.6 Å². The molecule has 2 aromatic carbocycles. The molecule has 0 atom stereocenters. The monoisotopic (exact) mass is 358 g/mol. The van der Waals surface area contributed by atoms with Gasteiger partial charge in [-0.3, -0.25) is 10.1 Å². The van der Waals surface area contributed by atoms with E-state index in [0.29, 0.717) is 11.3 Å². The fourth-order valence-corrected chi connectivity index (χ4v) is 2.22. The van der Waals surface area contributed by atoms with Crippen molar-refractivity contribution in [2.24, 2.45) is 4.99 Å². The minimum Gasteiger partial charge on any atom is -0.497 e. The number of carbonyl (C=O) groups excluding carboxylic acids is 2. The van der Waals surface area contributed by atoms with Gasteiger partial charge in [-0.2, -0.15) is 4.99 Å². The van der Waals surface area contributed by atoms with E-state index in [2.05, 4.69) is 10.3 Å². The maximum Gasteiger partial charge on any atom is 0.413 e. The molecule has 2 amide bonds. The number of thioether (sulfide) groups is 1. The first-order valence-electron chi connectivity index (χ1n) is 7.41. The van der Waals surface area contributed by atoms with Crippen LogP contribution in [0.5, 0.6) is 5.75 Å². The highest BCUT2D eigenvalue weighted by Gasteiger charge is 2.10. The van der Waals surface area contributed by atoms with Crippen LogP contribution in [0.3, 0.4) is 0 Å². The van der Waals surface area contributed by atoms with E-state index in [1.165, 1.54) is 0 Å². The largest absolute Gasteiger partial charge is 0.497 e. The SMILES string of the molecule is COc1ccc(C(=O)N=C(NC(=O)OCc2ccccc2)SC)cc1. The Labute approximate surface area is 150 Å². The second kappa shape index (κ2) is 9.48. The summed E-state index contributed by atoms with van der Waals surface area (Å²) in [5.74, 6) is 0.184. The highest BCUT2D eigenvalue weighted by atomic mass is 32.2. The summed E-state index contributed by atoms with van der Waals surface area (Å²) in [5, 5.41) is 2.63. The van der Waals surface area contributed by atoms with Gasteiger partial charge in [-0.15, -0.1) is 0 Å². The molecule has 0 fully saturated rings. The van der Waals surface area contributed by atoms with Gasteiger partial charge in [-0.05, 0) is 36.1 Å². The second-order valence-electron chi connectivity index (χ2n) is 4.84. The molecule has 0 radical (unpaired) electrons. The lowest BCUT2D eigenvalue weighted by molar-refractivity contribution is 0.100. The Balaban J connectivity index is 1.94. The number of hydrogen-bond acceptors (Lipinski definition) is 5. The van der Waals surface area contributed by atoms with Crippen molar-refractivity contribution in [3.8, 4) is 5.75 Å². The van der Waals surface area contributed by atoms with Crippen LogP contribution < -0.4 is 10.1 Å². The Bertz CT molecular complexity index is 745. The number of amides is 2. The first kappa shape index (κ1) is 18.5. The molecule has 0 aliphatic rings. The molecule has 1 N–H and O–H groups in total. The van der Waals surface area contributed by atoms with Gasteiger partial charge in [-0.25, -0.2) is 4.79 Å². The van der Waals surface area contributed by atoms with E-state index in [9.17, 15) is 9.59 Å². The molecule has 2 aromatic rings. The van der Waals surface area contributed by atoms with Gasteiger partial charge in [0.05, 0.1) is 7.11 Å². The van der Waals surface area contributed by atoms with Crippen LogP contribution in [0.25, 0.3) is 0 Å². The molecule has 7 heteroatoms. The van der Waals surface area contributed by atoms with Gasteiger partial charge in [0.25, 0.3) is 5.91 Å². The molecule has 2 rings (SSSR count). The molecule has 0 aromatic heterocycles. The van der Waals surface area contributed by atoms with Crippen molar-refractivity contribution in [3.63, 3.8) is 0 Å². The summed E-state index contributed by atoms with van der Waals surface area (Å²) in [7, 11) is 1.55. The summed E-state index contributed by atoms with van der Waals surface area (Å²) in [6.45, 7) is 0.140. The van der Waals surface area contributed by atoms with Crippen molar-refractivity contribution in [2.45, 2.75) is 6.61 Å². The number of methoxy groups -OCH3 is 1. The summed E-state index contributed by atoms with van der Waals surface area (Å²) in [5.41, 5.74) is 1.27. The molecule has 0 spiro atoms. The number of carbonyl (C=O) groups is 2. The van der Waals surface area contributed by atoms with Gasteiger partial charge < -0.3 is 9.47 Å². The highest BCUT2D eigenvalue weighted by molar-refractivity contribution is 8.13. The van der Waals surface area contributed by atoms with Crippen molar-refractivity contribution >= 4 is 28.9 Å². The standard InChI is InChI=1S/C18H18N2O4S/c1-23-15-10-8-14(9-11-15)16(21)19-17(25-2)20-18(22)24-12-13-6-4-3-5-7-13/h3-11H,12H2,1-2H3,(H,19,20,21,22). The van der Waals surface area contributed by atoms with E-state index >= 15 is 0 Å². The number of nitrogens with one attached hydrogen (secondary N) is 1. The van der Waals surface area contributed by atoms with Crippen LogP contribution in [0, 0.1) is 0 Å². The lowest BCUT2D eigenvalue weighted by Gasteiger charge is -2.07. The van der Waals surface area contributed by atoms with Crippen LogP contribution in [0.15, 0.2) is 59.6 Å². The first-order chi connectivity index (χ1) is 12.1. The zero-order chi connectivity index (χ0) is 18.1. The predicted octanol–water partition coefficient (Wildman–Crippen LogP) is 3.48. The van der Waals surface area contributed by atoms with Gasteiger partial charge in [0.15, 0.2) is 5.17 Å². The minimum absolute atomic E-state index is 0.140. The van der Waals surface area contributed by atoms with Crippen molar-refractivity contribution < 1.29 is 19.1 Å². The van der Waals surface area contributed by atoms with Gasteiger partial charge in [0.1, 0.15) is 12.4 Å². The summed E-state index contributed by atoms with van der Waals surface area (Å²) in [6, 6.07) is 15.9. The van der Waals surface area contributed by atoms with E-state index in [1.807, 2.05) is 30.3 Å². The number of rotatable bonds is 4. The third-order valence-corrected chi connectivity index (χ3v) is 3.74. The zero-order valence-corrected chi connectivity index (χ0v) is 14.7. The lowest BCUT2D eigenvalue weighted by Crippen LogP contribution is -2.29. The van der Waals surface area contributed by atoms with Crippen molar-refractivity contribution in [2.75, 3.05) is 13.4 Å². The van der Waals surface area contributed by atoms with Crippen molar-refractivity contribution in [1.29, 1.82) is 0 Å². The van der Waals surface area contributed by atoms with Crippen molar-refractivity contribution in [1.82, 2.24) is 5.32 Å². The Morgan fingerprint density at radius 1 is 1.08 bits per heavy atom. The van der Waals surface area contributed by atoms with Crippen LogP contribution in [-0.4, -0.2) is 30.5 Å². The van der Waals surface area contributed by atoms with E-state index in [4.69, 9.17) is 9.47 Å². The number of benzene rings is 2. The van der Waals surface area contributed by atoms with Crippen LogP contribution >= 0.6 is 11.8 Å². The van der Waals surface area contributed by atoms with E-state index in [-0.39, 0.29) is 11.8 Å². The van der Waals surface area contributed by atoms with Crippen LogP contribution in [0.2, 0.25) is 0 Å². The molecule has 0 saturated carbocycles. The van der Waals surface area contributed by atoms with E-state index < -0.39 is 12.0 Å². The van der Waals surface area contributed by atoms with Gasteiger partial charge in [0.2, 0.25) is 0 Å². The Kier molecular flexibility index (Phi) is 7.03. The topological polar surface area (TPSA) is 77.0 Å². The third-order valence-electron chi connectivity index (χ3n) is 3.16. The quantitative estimate of drug-likeness (QED) is 0.669. The van der Waals surface area contributed by atoms with Crippen LogP contribution in [0.1, 0.15) is 15.9 Å². The number of alkyl carbamates (subject to hydrolysis) is 1. The molecule has 130 valence electrons. The van der Waals surface area contributed by atoms with E-state index in [0.717, 1.165) is 17.3 Å². The predicted molar refractivity (Wildman–Crippen MR) is 98.0 cm³/mol. The Morgan fingerprint density at radius 3 is 2.36 bits per heavy atom. The van der Waals surface area contributed by atoms with Crippen molar-refractivity contribution in [3.05, 3.63) is 65.7 Å². The molecular formula is C18H18N2O4S. The second-order valence-corrected chi connectivity index (χ2v) is 5.64.